The van der Waals surface area contributed by atoms with Gasteiger partial charge in [0.25, 0.3) is 5.56 Å². The molecule has 0 atom stereocenters. The molecule has 1 aliphatic rings. The average Bonchev–Trinajstić information content (AvgIpc) is 3.04. The molecule has 1 aromatic carbocycles. The van der Waals surface area contributed by atoms with Gasteiger partial charge in [-0.25, -0.2) is 9.50 Å². The van der Waals surface area contributed by atoms with Gasteiger partial charge in [-0.15, -0.1) is 0 Å². The summed E-state index contributed by atoms with van der Waals surface area (Å²) in [5.41, 5.74) is 4.31. The molecule has 0 fully saturated rings. The number of hydrogen-bond donors (Lipinski definition) is 1. The van der Waals surface area contributed by atoms with Crippen LogP contribution in [0.5, 0.6) is 0 Å². The van der Waals surface area contributed by atoms with Crippen LogP contribution in [0.15, 0.2) is 47.4 Å². The number of aromatic amines is 1. The largest absolute Gasteiger partial charge is 0.297 e. The Bertz CT molecular complexity index is 790. The fraction of sp³-hybridized carbons (Fsp3) is 0.200. The molecule has 19 heavy (non-hydrogen) atoms. The predicted octanol–water partition coefficient (Wildman–Crippen LogP) is 1.90. The molecule has 1 N–H and O–H groups in total. The van der Waals surface area contributed by atoms with E-state index in [1.165, 1.54) is 15.6 Å². The minimum absolute atomic E-state index is 0.0408. The molecule has 94 valence electrons. The minimum atomic E-state index is -0.0408. The molecule has 0 spiro atoms. The second-order valence-corrected chi connectivity index (χ2v) is 5.05. The van der Waals surface area contributed by atoms with Crippen molar-refractivity contribution in [2.45, 2.75) is 18.8 Å². The van der Waals surface area contributed by atoms with E-state index in [4.69, 9.17) is 0 Å². The Balaban J connectivity index is 1.79. The molecule has 2 heterocycles. The lowest BCUT2D eigenvalue weighted by atomic mass is 10.0. The molecule has 3 aromatic rings. The van der Waals surface area contributed by atoms with E-state index in [0.29, 0.717) is 11.6 Å². The summed E-state index contributed by atoms with van der Waals surface area (Å²) in [5.74, 6) is 0.324. The Morgan fingerprint density at radius 3 is 2.63 bits per heavy atom. The van der Waals surface area contributed by atoms with E-state index in [0.717, 1.165) is 18.5 Å². The third-order valence-corrected chi connectivity index (χ3v) is 3.87. The summed E-state index contributed by atoms with van der Waals surface area (Å²) < 4.78 is 1.46. The van der Waals surface area contributed by atoms with Crippen LogP contribution in [-0.4, -0.2) is 14.6 Å². The maximum Gasteiger partial charge on any atom is 0.272 e. The predicted molar refractivity (Wildman–Crippen MR) is 72.4 cm³/mol. The van der Waals surface area contributed by atoms with Crippen LogP contribution in [0.4, 0.5) is 0 Å². The van der Waals surface area contributed by atoms with Gasteiger partial charge in [-0.1, -0.05) is 24.3 Å². The number of aromatic nitrogens is 3. The molecule has 1 aliphatic carbocycles. The third-order valence-electron chi connectivity index (χ3n) is 3.87. The van der Waals surface area contributed by atoms with E-state index < -0.39 is 0 Å². The van der Waals surface area contributed by atoms with Crippen molar-refractivity contribution in [3.8, 4) is 0 Å². The number of H-pyrrole nitrogens is 1. The summed E-state index contributed by atoms with van der Waals surface area (Å²) in [4.78, 5) is 16.6. The van der Waals surface area contributed by atoms with Crippen LogP contribution in [0.25, 0.3) is 5.65 Å². The van der Waals surface area contributed by atoms with E-state index in [1.807, 2.05) is 6.07 Å². The first-order chi connectivity index (χ1) is 9.31. The number of nitrogens with one attached hydrogen (secondary N) is 1. The standard InChI is InChI=1S/C15H13N3O/c19-15-9-13(17-14-5-6-16-18(14)15)12-7-10-3-1-2-4-11(10)8-12/h1-6,9,12,16H,7-8H2. The fourth-order valence-electron chi connectivity index (χ4n) is 2.92. The SMILES string of the molecule is O=c1cc(C2Cc3ccccc3C2)nc2cc[nH]n12. The summed E-state index contributed by atoms with van der Waals surface area (Å²) in [7, 11) is 0. The number of fused-ring (bicyclic) bond motifs is 2. The molecule has 4 heteroatoms. The van der Waals surface area contributed by atoms with Crippen molar-refractivity contribution in [3.05, 3.63) is 69.8 Å². The molecule has 0 amide bonds. The molecule has 4 rings (SSSR count). The van der Waals surface area contributed by atoms with Gasteiger partial charge in [0, 0.05) is 24.2 Å². The molecule has 0 unspecified atom stereocenters. The topological polar surface area (TPSA) is 50.2 Å². The summed E-state index contributed by atoms with van der Waals surface area (Å²) in [5, 5.41) is 2.86. The highest BCUT2D eigenvalue weighted by molar-refractivity contribution is 5.40. The zero-order chi connectivity index (χ0) is 12.8. The van der Waals surface area contributed by atoms with Gasteiger partial charge in [0.1, 0.15) is 0 Å². The summed E-state index contributed by atoms with van der Waals surface area (Å²) >= 11 is 0. The Morgan fingerprint density at radius 1 is 1.16 bits per heavy atom. The van der Waals surface area contributed by atoms with E-state index in [-0.39, 0.29) is 5.56 Å². The third kappa shape index (κ3) is 1.60. The van der Waals surface area contributed by atoms with Crippen molar-refractivity contribution >= 4 is 5.65 Å². The van der Waals surface area contributed by atoms with Gasteiger partial charge in [0.05, 0.1) is 5.69 Å². The van der Waals surface area contributed by atoms with Gasteiger partial charge in [-0.3, -0.25) is 9.89 Å². The lowest BCUT2D eigenvalue weighted by Gasteiger charge is -2.07. The van der Waals surface area contributed by atoms with Crippen LogP contribution in [-0.2, 0) is 12.8 Å². The molecule has 4 nitrogen and oxygen atoms in total. The molecule has 0 aliphatic heterocycles. The Hall–Kier alpha value is -2.36. The van der Waals surface area contributed by atoms with Gasteiger partial charge in [-0.05, 0) is 24.0 Å². The number of rotatable bonds is 1. The second kappa shape index (κ2) is 3.82. The Kier molecular flexibility index (Phi) is 2.12. The zero-order valence-corrected chi connectivity index (χ0v) is 10.3. The van der Waals surface area contributed by atoms with Crippen molar-refractivity contribution in [2.24, 2.45) is 0 Å². The van der Waals surface area contributed by atoms with Crippen molar-refractivity contribution in [1.29, 1.82) is 0 Å². The molecular weight excluding hydrogens is 238 g/mol. The highest BCUT2D eigenvalue weighted by atomic mass is 16.1. The number of hydrogen-bond acceptors (Lipinski definition) is 2. The smallest absolute Gasteiger partial charge is 0.272 e. The van der Waals surface area contributed by atoms with Crippen molar-refractivity contribution in [1.82, 2.24) is 14.6 Å². The van der Waals surface area contributed by atoms with Crippen LogP contribution in [0, 0.1) is 0 Å². The fourth-order valence-corrected chi connectivity index (χ4v) is 2.92. The Labute approximate surface area is 109 Å². The Morgan fingerprint density at radius 2 is 1.89 bits per heavy atom. The first kappa shape index (κ1) is 10.6. The highest BCUT2D eigenvalue weighted by Gasteiger charge is 2.24. The molecule has 0 saturated carbocycles. The molecule has 0 radical (unpaired) electrons. The quantitative estimate of drug-likeness (QED) is 0.718. The molecular formula is C15H13N3O. The monoisotopic (exact) mass is 251 g/mol. The summed E-state index contributed by atoms with van der Waals surface area (Å²) in [6.45, 7) is 0. The van der Waals surface area contributed by atoms with Gasteiger partial charge in [-0.2, -0.15) is 0 Å². The van der Waals surface area contributed by atoms with Crippen LogP contribution in [0.1, 0.15) is 22.7 Å². The zero-order valence-electron chi connectivity index (χ0n) is 10.3. The average molecular weight is 251 g/mol. The van der Waals surface area contributed by atoms with E-state index in [9.17, 15) is 4.79 Å². The normalized spacial score (nSPS) is 14.9. The van der Waals surface area contributed by atoms with Crippen LogP contribution < -0.4 is 5.56 Å². The molecule has 0 bridgehead atoms. The van der Waals surface area contributed by atoms with Crippen molar-refractivity contribution in [3.63, 3.8) is 0 Å². The summed E-state index contributed by atoms with van der Waals surface area (Å²) in [6.07, 6.45) is 3.68. The first-order valence-corrected chi connectivity index (χ1v) is 6.45. The second-order valence-electron chi connectivity index (χ2n) is 5.05. The number of benzene rings is 1. The van der Waals surface area contributed by atoms with Gasteiger partial charge in [0.15, 0.2) is 5.65 Å². The van der Waals surface area contributed by atoms with Gasteiger partial charge in [0.2, 0.25) is 0 Å². The van der Waals surface area contributed by atoms with Crippen LogP contribution in [0.3, 0.4) is 0 Å². The minimum Gasteiger partial charge on any atom is -0.297 e. The van der Waals surface area contributed by atoms with Crippen molar-refractivity contribution < 1.29 is 0 Å². The lowest BCUT2D eigenvalue weighted by molar-refractivity contribution is 0.706. The first-order valence-electron chi connectivity index (χ1n) is 6.45. The summed E-state index contributed by atoms with van der Waals surface area (Å²) in [6, 6.07) is 11.9. The maximum atomic E-state index is 12.0. The maximum absolute atomic E-state index is 12.0. The molecule has 2 aromatic heterocycles. The number of nitrogens with zero attached hydrogens (tertiary/aromatic N) is 2. The lowest BCUT2D eigenvalue weighted by Crippen LogP contribution is -2.17. The van der Waals surface area contributed by atoms with E-state index >= 15 is 0 Å². The van der Waals surface area contributed by atoms with Crippen LogP contribution >= 0.6 is 0 Å². The van der Waals surface area contributed by atoms with E-state index in [1.54, 1.807) is 12.3 Å². The van der Waals surface area contributed by atoms with Gasteiger partial charge >= 0.3 is 0 Å². The van der Waals surface area contributed by atoms with Crippen molar-refractivity contribution in [2.75, 3.05) is 0 Å². The van der Waals surface area contributed by atoms with Gasteiger partial charge < -0.3 is 0 Å². The van der Waals surface area contributed by atoms with E-state index in [2.05, 4.69) is 34.3 Å². The van der Waals surface area contributed by atoms with Crippen LogP contribution in [0.2, 0.25) is 0 Å². The molecule has 0 saturated heterocycles. The highest BCUT2D eigenvalue weighted by Crippen LogP contribution is 2.32.